The Kier molecular flexibility index (Phi) is 8.12. The minimum atomic E-state index is -0.315. The first-order valence-corrected chi connectivity index (χ1v) is 11.2. The summed E-state index contributed by atoms with van der Waals surface area (Å²) in [6.45, 7) is 5.04. The van der Waals surface area contributed by atoms with Gasteiger partial charge in [-0.15, -0.1) is 0 Å². The molecule has 1 aliphatic rings. The third-order valence-electron chi connectivity index (χ3n) is 4.71. The van der Waals surface area contributed by atoms with Gasteiger partial charge in [0.05, 0.1) is 11.5 Å². The Balaban J connectivity index is 1.74. The van der Waals surface area contributed by atoms with Crippen LogP contribution in [0.5, 0.6) is 11.5 Å². The highest BCUT2D eigenvalue weighted by atomic mass is 32.2. The zero-order valence-corrected chi connectivity index (χ0v) is 18.5. The van der Waals surface area contributed by atoms with Crippen LogP contribution in [0.2, 0.25) is 0 Å². The summed E-state index contributed by atoms with van der Waals surface area (Å²) in [6, 6.07) is 11.6. The molecule has 1 saturated heterocycles. The highest BCUT2D eigenvalue weighted by Gasteiger charge is 2.34. The topological polar surface area (TPSA) is 55.8 Å². The van der Waals surface area contributed by atoms with Crippen molar-refractivity contribution in [2.24, 2.45) is 0 Å². The minimum Gasteiger partial charge on any atom is -0.490 e. The van der Waals surface area contributed by atoms with Crippen molar-refractivity contribution >= 4 is 29.0 Å². The Hall–Kier alpha value is -2.80. The fourth-order valence-corrected chi connectivity index (χ4v) is 4.02. The van der Waals surface area contributed by atoms with Gasteiger partial charge in [0, 0.05) is 6.54 Å². The second-order valence-corrected chi connectivity index (χ2v) is 8.09. The van der Waals surface area contributed by atoms with Crippen LogP contribution in [0.4, 0.5) is 9.18 Å². The largest absolute Gasteiger partial charge is 0.490 e. The predicted octanol–water partition coefficient (Wildman–Crippen LogP) is 6.03. The molecule has 0 spiro atoms. The van der Waals surface area contributed by atoms with Crippen molar-refractivity contribution < 1.29 is 23.5 Å². The van der Waals surface area contributed by atoms with Crippen molar-refractivity contribution in [3.8, 4) is 11.5 Å². The molecule has 0 N–H and O–H groups in total. The van der Waals surface area contributed by atoms with E-state index in [9.17, 15) is 14.0 Å². The summed E-state index contributed by atoms with van der Waals surface area (Å²) in [5, 5.41) is -0.229. The molecule has 3 rings (SSSR count). The lowest BCUT2D eigenvalue weighted by Crippen LogP contribution is -2.29. The number of halogens is 1. The lowest BCUT2D eigenvalue weighted by Gasteiger charge is -2.13. The Morgan fingerprint density at radius 1 is 1.03 bits per heavy atom. The molecule has 0 aromatic heterocycles. The van der Waals surface area contributed by atoms with Gasteiger partial charge in [-0.05, 0) is 66.6 Å². The Morgan fingerprint density at radius 2 is 1.87 bits per heavy atom. The van der Waals surface area contributed by atoms with E-state index in [-0.39, 0.29) is 23.6 Å². The molecule has 0 saturated carbocycles. The van der Waals surface area contributed by atoms with Gasteiger partial charge in [0.2, 0.25) is 0 Å². The van der Waals surface area contributed by atoms with E-state index in [0.29, 0.717) is 35.1 Å². The van der Waals surface area contributed by atoms with E-state index in [1.165, 1.54) is 17.0 Å². The first-order chi connectivity index (χ1) is 15.0. The maximum atomic E-state index is 13.4. The Bertz CT molecular complexity index is 976. The summed E-state index contributed by atoms with van der Waals surface area (Å²) in [4.78, 5) is 26.5. The third-order valence-corrected chi connectivity index (χ3v) is 5.61. The van der Waals surface area contributed by atoms with E-state index in [1.807, 2.05) is 6.92 Å². The number of thioether (sulfide) groups is 1. The van der Waals surface area contributed by atoms with E-state index >= 15 is 0 Å². The summed E-state index contributed by atoms with van der Waals surface area (Å²) in [5.74, 6) is 0.478. The number of carbonyl (C=O) groups excluding carboxylic acids is 2. The normalized spacial score (nSPS) is 15.1. The number of unbranched alkanes of at least 4 members (excludes halogenated alkanes) is 2. The monoisotopic (exact) mass is 443 g/mol. The van der Waals surface area contributed by atoms with Gasteiger partial charge < -0.3 is 9.47 Å². The number of amides is 2. The number of carbonyl (C=O) groups is 2. The summed E-state index contributed by atoms with van der Waals surface area (Å²) < 4.78 is 24.9. The molecule has 5 nitrogen and oxygen atoms in total. The maximum Gasteiger partial charge on any atom is 0.293 e. The number of ether oxygens (including phenoxy) is 2. The van der Waals surface area contributed by atoms with Gasteiger partial charge in [-0.2, -0.15) is 0 Å². The van der Waals surface area contributed by atoms with E-state index in [4.69, 9.17) is 9.47 Å². The number of imide groups is 1. The first-order valence-electron chi connectivity index (χ1n) is 10.4. The van der Waals surface area contributed by atoms with Crippen molar-refractivity contribution in [2.45, 2.75) is 39.7 Å². The van der Waals surface area contributed by atoms with E-state index in [2.05, 4.69) is 6.92 Å². The molecule has 7 heteroatoms. The van der Waals surface area contributed by atoms with Gasteiger partial charge in [-0.25, -0.2) is 4.39 Å². The Morgan fingerprint density at radius 3 is 2.61 bits per heavy atom. The lowest BCUT2D eigenvalue weighted by atomic mass is 10.1. The highest BCUT2D eigenvalue weighted by Crippen LogP contribution is 2.35. The van der Waals surface area contributed by atoms with Gasteiger partial charge in [-0.1, -0.05) is 38.0 Å². The number of hydrogen-bond acceptors (Lipinski definition) is 5. The fraction of sp³-hybridized carbons (Fsp3) is 0.333. The first kappa shape index (κ1) is 22.9. The smallest absolute Gasteiger partial charge is 0.293 e. The zero-order chi connectivity index (χ0) is 22.2. The SMILES string of the molecule is CCCCCN1C(=O)S/C(=C\c2ccc(OCc3cccc(F)c3)c(OCC)c2)C1=O. The van der Waals surface area contributed by atoms with Crippen LogP contribution in [-0.2, 0) is 11.4 Å². The second kappa shape index (κ2) is 11.0. The molecule has 0 bridgehead atoms. The number of nitrogens with zero attached hydrogens (tertiary/aromatic N) is 1. The van der Waals surface area contributed by atoms with Crippen molar-refractivity contribution in [1.29, 1.82) is 0 Å². The molecule has 0 aliphatic carbocycles. The molecular weight excluding hydrogens is 417 g/mol. The van der Waals surface area contributed by atoms with Crippen LogP contribution in [0.25, 0.3) is 6.08 Å². The van der Waals surface area contributed by atoms with Crippen molar-refractivity contribution in [2.75, 3.05) is 13.2 Å². The number of benzene rings is 2. The average Bonchev–Trinajstić information content (AvgIpc) is 3.01. The predicted molar refractivity (Wildman–Crippen MR) is 121 cm³/mol. The molecule has 0 radical (unpaired) electrons. The van der Waals surface area contributed by atoms with Gasteiger partial charge >= 0.3 is 0 Å². The molecule has 0 unspecified atom stereocenters. The molecular formula is C24H26FNO4S. The van der Waals surface area contributed by atoms with Crippen molar-refractivity contribution in [3.05, 3.63) is 64.3 Å². The van der Waals surface area contributed by atoms with E-state index in [1.54, 1.807) is 36.4 Å². The van der Waals surface area contributed by atoms with E-state index in [0.717, 1.165) is 36.6 Å². The molecule has 2 aromatic carbocycles. The molecule has 1 heterocycles. The maximum absolute atomic E-state index is 13.4. The summed E-state index contributed by atoms with van der Waals surface area (Å²) in [5.41, 5.74) is 1.45. The Labute approximate surface area is 186 Å². The van der Waals surface area contributed by atoms with Crippen LogP contribution >= 0.6 is 11.8 Å². The summed E-state index contributed by atoms with van der Waals surface area (Å²) in [7, 11) is 0. The highest BCUT2D eigenvalue weighted by molar-refractivity contribution is 8.18. The third kappa shape index (κ3) is 6.10. The van der Waals surface area contributed by atoms with Gasteiger partial charge in [0.1, 0.15) is 12.4 Å². The van der Waals surface area contributed by atoms with Crippen molar-refractivity contribution in [1.82, 2.24) is 4.90 Å². The van der Waals surface area contributed by atoms with Crippen LogP contribution in [0.3, 0.4) is 0 Å². The van der Waals surface area contributed by atoms with Crippen LogP contribution < -0.4 is 9.47 Å². The standard InChI is InChI=1S/C24H26FNO4S/c1-3-5-6-12-26-23(27)22(31-24(26)28)15-17-10-11-20(21(14-17)29-4-2)30-16-18-8-7-9-19(25)13-18/h7-11,13-15H,3-6,12,16H2,1-2H3/b22-15-. The molecule has 2 aromatic rings. The van der Waals surface area contributed by atoms with Crippen LogP contribution in [0, 0.1) is 5.82 Å². The van der Waals surface area contributed by atoms with Crippen molar-refractivity contribution in [3.63, 3.8) is 0 Å². The van der Waals surface area contributed by atoms with Crippen LogP contribution in [-0.4, -0.2) is 29.2 Å². The zero-order valence-electron chi connectivity index (χ0n) is 17.7. The van der Waals surface area contributed by atoms with E-state index < -0.39 is 0 Å². The van der Waals surface area contributed by atoms with Crippen LogP contribution in [0.15, 0.2) is 47.4 Å². The molecule has 164 valence electrons. The lowest BCUT2D eigenvalue weighted by molar-refractivity contribution is -0.122. The summed E-state index contributed by atoms with van der Waals surface area (Å²) in [6.07, 6.45) is 4.52. The molecule has 1 aliphatic heterocycles. The molecule has 31 heavy (non-hydrogen) atoms. The van der Waals surface area contributed by atoms with Gasteiger partial charge in [0.25, 0.3) is 11.1 Å². The second-order valence-electron chi connectivity index (χ2n) is 7.10. The quantitative estimate of drug-likeness (QED) is 0.331. The van der Waals surface area contributed by atoms with Gasteiger partial charge in [0.15, 0.2) is 11.5 Å². The summed E-state index contributed by atoms with van der Waals surface area (Å²) >= 11 is 0.958. The molecule has 0 atom stereocenters. The number of hydrogen-bond donors (Lipinski definition) is 0. The number of rotatable bonds is 10. The average molecular weight is 444 g/mol. The minimum absolute atomic E-state index is 0.202. The fourth-order valence-electron chi connectivity index (χ4n) is 3.15. The molecule has 2 amide bonds. The molecule has 1 fully saturated rings. The van der Waals surface area contributed by atoms with Gasteiger partial charge in [-0.3, -0.25) is 14.5 Å². The van der Waals surface area contributed by atoms with Crippen LogP contribution in [0.1, 0.15) is 44.2 Å².